The molecule has 7 heteroatoms. The molecule has 0 spiro atoms. The first-order valence-electron chi connectivity index (χ1n) is 9.48. The molecule has 2 heterocycles. The number of hydrogen-bond acceptors (Lipinski definition) is 3. The monoisotopic (exact) mass is 424 g/mol. The number of aromatic nitrogens is 2. The highest BCUT2D eigenvalue weighted by atomic mass is 19.4. The van der Waals surface area contributed by atoms with Crippen molar-refractivity contribution in [1.82, 2.24) is 9.97 Å². The van der Waals surface area contributed by atoms with Crippen LogP contribution in [-0.2, 0) is 6.18 Å². The molecule has 4 rings (SSSR count). The van der Waals surface area contributed by atoms with Crippen LogP contribution in [0.2, 0.25) is 0 Å². The first-order valence-corrected chi connectivity index (χ1v) is 9.48. The van der Waals surface area contributed by atoms with Crippen molar-refractivity contribution in [2.45, 2.75) is 18.5 Å². The van der Waals surface area contributed by atoms with Crippen molar-refractivity contribution in [1.29, 1.82) is 0 Å². The Balaban J connectivity index is 1.76. The number of rotatable bonds is 5. The quantitative estimate of drug-likeness (QED) is 0.283. The summed E-state index contributed by atoms with van der Waals surface area (Å²) < 4.78 is 54.3. The van der Waals surface area contributed by atoms with Crippen molar-refractivity contribution in [2.75, 3.05) is 0 Å². The lowest BCUT2D eigenvalue weighted by Crippen LogP contribution is -2.17. The lowest BCUT2D eigenvalue weighted by atomic mass is 9.86. The average Bonchev–Trinajstić information content (AvgIpc) is 2.77. The van der Waals surface area contributed by atoms with E-state index in [9.17, 15) is 22.4 Å². The van der Waals surface area contributed by atoms with Crippen molar-refractivity contribution in [2.24, 2.45) is 0 Å². The molecule has 0 amide bonds. The van der Waals surface area contributed by atoms with Crippen molar-refractivity contribution in [3.63, 3.8) is 0 Å². The minimum atomic E-state index is -4.64. The standard InChI is InChI=1S/C24H16F4N2O/c25-18-9-7-15(8-10-18)19(23-20(24(26,27)28)4-2-12-30-23)14-22(31)17-6-5-16-3-1-11-29-21(16)13-17/h1-13,19H,14H2/t19-/m0/s1. The van der Waals surface area contributed by atoms with Crippen LogP contribution in [0.3, 0.4) is 0 Å². The summed E-state index contributed by atoms with van der Waals surface area (Å²) in [5.41, 5.74) is 0.132. The number of alkyl halides is 3. The first kappa shape index (κ1) is 20.7. The van der Waals surface area contributed by atoms with Crippen LogP contribution in [0, 0.1) is 5.82 Å². The second kappa shape index (κ2) is 8.26. The molecule has 2 aromatic heterocycles. The summed E-state index contributed by atoms with van der Waals surface area (Å²) >= 11 is 0. The van der Waals surface area contributed by atoms with Gasteiger partial charge in [-0.1, -0.05) is 30.3 Å². The van der Waals surface area contributed by atoms with E-state index in [1.54, 1.807) is 30.5 Å². The van der Waals surface area contributed by atoms with Crippen LogP contribution >= 0.6 is 0 Å². The Kier molecular flexibility index (Phi) is 5.50. The molecule has 156 valence electrons. The number of fused-ring (bicyclic) bond motifs is 1. The van der Waals surface area contributed by atoms with E-state index >= 15 is 0 Å². The predicted molar refractivity (Wildman–Crippen MR) is 108 cm³/mol. The number of carbonyl (C=O) groups excluding carboxylic acids is 1. The van der Waals surface area contributed by atoms with E-state index in [-0.39, 0.29) is 17.9 Å². The van der Waals surface area contributed by atoms with Gasteiger partial charge in [0.15, 0.2) is 5.78 Å². The highest BCUT2D eigenvalue weighted by molar-refractivity contribution is 5.99. The van der Waals surface area contributed by atoms with Crippen LogP contribution < -0.4 is 0 Å². The molecule has 0 aliphatic heterocycles. The Bertz CT molecular complexity index is 1240. The highest BCUT2D eigenvalue weighted by Crippen LogP contribution is 2.38. The minimum absolute atomic E-state index is 0.260. The van der Waals surface area contributed by atoms with Gasteiger partial charge in [0, 0.05) is 35.7 Å². The molecule has 0 aliphatic carbocycles. The minimum Gasteiger partial charge on any atom is -0.294 e. The lowest BCUT2D eigenvalue weighted by Gasteiger charge is -2.21. The fourth-order valence-corrected chi connectivity index (χ4v) is 3.55. The normalized spacial score (nSPS) is 12.6. The highest BCUT2D eigenvalue weighted by Gasteiger charge is 2.37. The molecule has 1 atom stereocenters. The molecule has 0 saturated heterocycles. The van der Waals surface area contributed by atoms with Gasteiger partial charge in [-0.2, -0.15) is 13.2 Å². The molecular formula is C24H16F4N2O. The molecule has 3 nitrogen and oxygen atoms in total. The number of Topliss-reactive ketones (excluding diaryl/α,β-unsaturated/α-hetero) is 1. The fraction of sp³-hybridized carbons (Fsp3) is 0.125. The van der Waals surface area contributed by atoms with Crippen LogP contribution in [0.5, 0.6) is 0 Å². The first-order chi connectivity index (χ1) is 14.8. The third-order valence-electron chi connectivity index (χ3n) is 5.06. The summed E-state index contributed by atoms with van der Waals surface area (Å²) in [5, 5.41) is 0.846. The van der Waals surface area contributed by atoms with Gasteiger partial charge in [-0.25, -0.2) is 4.39 Å². The van der Waals surface area contributed by atoms with Gasteiger partial charge in [0.2, 0.25) is 0 Å². The predicted octanol–water partition coefficient (Wildman–Crippen LogP) is 6.19. The molecule has 0 N–H and O–H groups in total. The van der Waals surface area contributed by atoms with E-state index < -0.39 is 23.5 Å². The van der Waals surface area contributed by atoms with Gasteiger partial charge < -0.3 is 0 Å². The van der Waals surface area contributed by atoms with Gasteiger partial charge in [0.25, 0.3) is 0 Å². The number of ketones is 1. The molecule has 2 aromatic carbocycles. The molecule has 31 heavy (non-hydrogen) atoms. The molecule has 0 fully saturated rings. The number of carbonyl (C=O) groups is 1. The van der Waals surface area contributed by atoms with Crippen molar-refractivity contribution in [3.8, 4) is 0 Å². The fourth-order valence-electron chi connectivity index (χ4n) is 3.55. The Morgan fingerprint density at radius 1 is 0.903 bits per heavy atom. The van der Waals surface area contributed by atoms with Gasteiger partial charge in [-0.05, 0) is 42.0 Å². The Morgan fingerprint density at radius 3 is 2.35 bits per heavy atom. The van der Waals surface area contributed by atoms with Crippen LogP contribution in [0.25, 0.3) is 10.9 Å². The van der Waals surface area contributed by atoms with Crippen LogP contribution in [-0.4, -0.2) is 15.8 Å². The summed E-state index contributed by atoms with van der Waals surface area (Å²) in [7, 11) is 0. The number of nitrogens with zero attached hydrogens (tertiary/aromatic N) is 2. The largest absolute Gasteiger partial charge is 0.418 e. The topological polar surface area (TPSA) is 42.9 Å². The number of hydrogen-bond donors (Lipinski definition) is 0. The van der Waals surface area contributed by atoms with Crippen molar-refractivity contribution < 1.29 is 22.4 Å². The van der Waals surface area contributed by atoms with Gasteiger partial charge in [-0.15, -0.1) is 0 Å². The van der Waals surface area contributed by atoms with Crippen molar-refractivity contribution >= 4 is 16.7 Å². The maximum absolute atomic E-state index is 13.6. The third kappa shape index (κ3) is 4.45. The number of benzene rings is 2. The van der Waals surface area contributed by atoms with Crippen LogP contribution in [0.15, 0.2) is 79.1 Å². The Morgan fingerprint density at radius 2 is 1.61 bits per heavy atom. The summed E-state index contributed by atoms with van der Waals surface area (Å²) in [6.07, 6.45) is -2.05. The molecule has 0 saturated carbocycles. The number of pyridine rings is 2. The van der Waals surface area contributed by atoms with E-state index in [0.29, 0.717) is 16.6 Å². The summed E-state index contributed by atoms with van der Waals surface area (Å²) in [6.45, 7) is 0. The third-order valence-corrected chi connectivity index (χ3v) is 5.06. The molecule has 0 radical (unpaired) electrons. The lowest BCUT2D eigenvalue weighted by molar-refractivity contribution is -0.138. The molecule has 0 bridgehead atoms. The zero-order valence-electron chi connectivity index (χ0n) is 16.1. The Labute approximate surface area is 175 Å². The second-order valence-corrected chi connectivity index (χ2v) is 7.08. The summed E-state index contributed by atoms with van der Waals surface area (Å²) in [4.78, 5) is 21.2. The van der Waals surface area contributed by atoms with Gasteiger partial charge in [0.1, 0.15) is 5.82 Å². The van der Waals surface area contributed by atoms with Crippen molar-refractivity contribution in [3.05, 3.63) is 107 Å². The zero-order valence-corrected chi connectivity index (χ0v) is 16.1. The molecule has 0 aliphatic rings. The van der Waals surface area contributed by atoms with Gasteiger partial charge in [-0.3, -0.25) is 14.8 Å². The van der Waals surface area contributed by atoms with Crippen LogP contribution in [0.1, 0.15) is 39.5 Å². The van der Waals surface area contributed by atoms with Gasteiger partial charge in [0.05, 0.1) is 16.8 Å². The van der Waals surface area contributed by atoms with E-state index in [4.69, 9.17) is 0 Å². The van der Waals surface area contributed by atoms with Crippen LogP contribution in [0.4, 0.5) is 17.6 Å². The maximum Gasteiger partial charge on any atom is 0.418 e. The molecule has 4 aromatic rings. The zero-order chi connectivity index (χ0) is 22.0. The summed E-state index contributed by atoms with van der Waals surface area (Å²) in [6, 6.07) is 15.8. The average molecular weight is 424 g/mol. The second-order valence-electron chi connectivity index (χ2n) is 7.08. The smallest absolute Gasteiger partial charge is 0.294 e. The maximum atomic E-state index is 13.6. The van der Waals surface area contributed by atoms with Gasteiger partial charge >= 0.3 is 6.18 Å². The number of halogens is 4. The van der Waals surface area contributed by atoms with E-state index in [1.807, 2.05) is 6.07 Å². The van der Waals surface area contributed by atoms with E-state index in [0.717, 1.165) is 23.6 Å². The SMILES string of the molecule is O=C(C[C@@H](c1ccc(F)cc1)c1ncccc1C(F)(F)F)c1ccc2cccnc2c1. The Hall–Kier alpha value is -3.61. The molecule has 0 unspecified atom stereocenters. The summed E-state index contributed by atoms with van der Waals surface area (Å²) in [5.74, 6) is -1.88. The van der Waals surface area contributed by atoms with E-state index in [2.05, 4.69) is 9.97 Å². The molecular weight excluding hydrogens is 408 g/mol. The van der Waals surface area contributed by atoms with E-state index in [1.165, 1.54) is 24.4 Å².